The maximum absolute atomic E-state index is 12.6. The van der Waals surface area contributed by atoms with Gasteiger partial charge in [-0.2, -0.15) is 17.5 Å². The second kappa shape index (κ2) is 9.74. The number of nitrogens with zero attached hydrogens (tertiary/aromatic N) is 2. The van der Waals surface area contributed by atoms with E-state index in [-0.39, 0.29) is 29.4 Å². The monoisotopic (exact) mass is 475 g/mol. The van der Waals surface area contributed by atoms with E-state index in [1.165, 1.54) is 29.0 Å². The van der Waals surface area contributed by atoms with Crippen LogP contribution in [0.3, 0.4) is 0 Å². The number of aryl methyl sites for hydroxylation is 1. The Morgan fingerprint density at radius 1 is 1.16 bits per heavy atom. The lowest BCUT2D eigenvalue weighted by molar-refractivity contribution is -0.137. The van der Waals surface area contributed by atoms with E-state index in [9.17, 15) is 31.2 Å². The number of aromatic nitrogens is 1. The topological polar surface area (TPSA) is 97.7 Å². The summed E-state index contributed by atoms with van der Waals surface area (Å²) in [5, 5.41) is 2.36. The van der Waals surface area contributed by atoms with Gasteiger partial charge in [-0.25, -0.2) is 13.2 Å². The molecule has 0 saturated heterocycles. The van der Waals surface area contributed by atoms with E-state index in [0.717, 1.165) is 30.3 Å². The van der Waals surface area contributed by atoms with Crippen LogP contribution in [0, 0.1) is 0 Å². The Kier molecular flexibility index (Phi) is 7.73. The predicted molar refractivity (Wildman–Crippen MR) is 110 cm³/mol. The summed E-state index contributed by atoms with van der Waals surface area (Å²) in [6, 6.07) is 4.95. The highest BCUT2D eigenvalue weighted by atomic mass is 32.2. The van der Waals surface area contributed by atoms with Gasteiger partial charge in [0.2, 0.25) is 10.0 Å². The first-order valence-electron chi connectivity index (χ1n) is 9.66. The number of alkyl halides is 3. The van der Waals surface area contributed by atoms with Crippen molar-refractivity contribution in [1.29, 1.82) is 0 Å². The minimum atomic E-state index is -4.50. The number of nitrogens with one attached hydrogen (secondary N) is 1. The quantitative estimate of drug-likeness (QED) is 0.591. The molecule has 0 aliphatic carbocycles. The van der Waals surface area contributed by atoms with E-state index in [4.69, 9.17) is 4.74 Å². The highest BCUT2D eigenvalue weighted by Crippen LogP contribution is 2.29. The third kappa shape index (κ3) is 5.68. The molecule has 8 nitrogen and oxygen atoms in total. The summed E-state index contributed by atoms with van der Waals surface area (Å²) in [6.45, 7) is 5.18. The van der Waals surface area contributed by atoms with Crippen LogP contribution in [-0.2, 0) is 32.8 Å². The number of carbonyl (C=O) groups is 2. The number of esters is 1. The lowest BCUT2D eigenvalue weighted by atomic mass is 10.2. The van der Waals surface area contributed by atoms with E-state index in [1.54, 1.807) is 13.8 Å². The first-order valence-corrected chi connectivity index (χ1v) is 11.1. The van der Waals surface area contributed by atoms with Gasteiger partial charge in [0, 0.05) is 32.0 Å². The van der Waals surface area contributed by atoms with Gasteiger partial charge in [-0.1, -0.05) is 13.8 Å². The van der Waals surface area contributed by atoms with Gasteiger partial charge in [-0.3, -0.25) is 4.79 Å². The first kappa shape index (κ1) is 25.4. The van der Waals surface area contributed by atoms with E-state index < -0.39 is 39.7 Å². The Labute approximate surface area is 184 Å². The van der Waals surface area contributed by atoms with E-state index >= 15 is 0 Å². The summed E-state index contributed by atoms with van der Waals surface area (Å²) in [7, 11) is -2.33. The zero-order valence-corrected chi connectivity index (χ0v) is 18.7. The molecular weight excluding hydrogens is 451 g/mol. The smallest absolute Gasteiger partial charge is 0.416 e. The molecule has 2 aromatic rings. The fourth-order valence-electron chi connectivity index (χ4n) is 2.85. The minimum Gasteiger partial charge on any atom is -0.448 e. The van der Waals surface area contributed by atoms with Crippen LogP contribution >= 0.6 is 0 Å². The number of carbonyl (C=O) groups excluding carboxylic acids is 2. The van der Waals surface area contributed by atoms with Crippen LogP contribution in [-0.4, -0.2) is 48.4 Å². The van der Waals surface area contributed by atoms with Gasteiger partial charge in [0.05, 0.1) is 5.56 Å². The van der Waals surface area contributed by atoms with Gasteiger partial charge >= 0.3 is 12.1 Å². The summed E-state index contributed by atoms with van der Waals surface area (Å²) in [6.07, 6.45) is -4.52. The number of hydrogen-bond donors (Lipinski definition) is 1. The molecule has 0 aliphatic heterocycles. The normalized spacial score (nSPS) is 13.1. The number of amides is 1. The van der Waals surface area contributed by atoms with Gasteiger partial charge in [-0.15, -0.1) is 0 Å². The molecule has 1 amide bonds. The number of hydrogen-bond acceptors (Lipinski definition) is 5. The maximum atomic E-state index is 12.6. The summed E-state index contributed by atoms with van der Waals surface area (Å²) in [4.78, 5) is 24.7. The molecule has 0 spiro atoms. The van der Waals surface area contributed by atoms with Crippen LogP contribution in [0.25, 0.3) is 0 Å². The molecule has 2 rings (SSSR count). The lowest BCUT2D eigenvalue weighted by Gasteiger charge is -2.17. The number of anilines is 1. The molecule has 1 N–H and O–H groups in total. The van der Waals surface area contributed by atoms with Crippen LogP contribution in [0.4, 0.5) is 18.9 Å². The van der Waals surface area contributed by atoms with E-state index in [2.05, 4.69) is 5.32 Å². The standard InChI is InChI=1S/C20H24F3N3O5S/c1-5-26(6-2)32(29,30)16-11-17(25(4)12-16)19(28)31-13(3)18(27)24-15-9-7-14(8-10-15)20(21,22)23/h7-13H,5-6H2,1-4H3,(H,24,27). The third-order valence-corrected chi connectivity index (χ3v) is 6.68. The fraction of sp³-hybridized carbons (Fsp3) is 0.400. The van der Waals surface area contributed by atoms with Crippen LogP contribution in [0.2, 0.25) is 0 Å². The maximum Gasteiger partial charge on any atom is 0.416 e. The van der Waals surface area contributed by atoms with E-state index in [1.807, 2.05) is 0 Å². The molecule has 12 heteroatoms. The number of halogens is 3. The Morgan fingerprint density at radius 3 is 2.22 bits per heavy atom. The third-order valence-electron chi connectivity index (χ3n) is 4.66. The van der Waals surface area contributed by atoms with Crippen LogP contribution in [0.5, 0.6) is 0 Å². The van der Waals surface area contributed by atoms with Gasteiger partial charge in [0.25, 0.3) is 5.91 Å². The Balaban J connectivity index is 2.09. The number of rotatable bonds is 8. The van der Waals surface area contributed by atoms with Crippen molar-refractivity contribution in [3.8, 4) is 0 Å². The predicted octanol–water partition coefficient (Wildman–Crippen LogP) is 3.26. The highest BCUT2D eigenvalue weighted by Gasteiger charge is 2.30. The average molecular weight is 475 g/mol. The second-order valence-corrected chi connectivity index (χ2v) is 8.81. The minimum absolute atomic E-state index is 0.0788. The Bertz CT molecular complexity index is 1070. The number of benzene rings is 1. The molecule has 0 aliphatic rings. The van der Waals surface area contributed by atoms with Crippen molar-refractivity contribution in [2.45, 2.75) is 37.9 Å². The molecule has 0 radical (unpaired) electrons. The van der Waals surface area contributed by atoms with E-state index in [0.29, 0.717) is 0 Å². The van der Waals surface area contributed by atoms with Crippen molar-refractivity contribution in [1.82, 2.24) is 8.87 Å². The van der Waals surface area contributed by atoms with Gasteiger partial charge in [0.1, 0.15) is 10.6 Å². The molecule has 0 fully saturated rings. The van der Waals surface area contributed by atoms with Crippen LogP contribution in [0.1, 0.15) is 36.8 Å². The SMILES string of the molecule is CCN(CC)S(=O)(=O)c1cc(C(=O)OC(C)C(=O)Nc2ccc(C(F)(F)F)cc2)n(C)c1. The molecule has 1 unspecified atom stereocenters. The van der Waals surface area contributed by atoms with Crippen molar-refractivity contribution < 1.29 is 35.9 Å². The molecule has 1 aromatic heterocycles. The molecule has 1 atom stereocenters. The van der Waals surface area contributed by atoms with Crippen molar-refractivity contribution in [2.75, 3.05) is 18.4 Å². The van der Waals surface area contributed by atoms with Crippen LogP contribution in [0.15, 0.2) is 41.4 Å². The summed E-state index contributed by atoms with van der Waals surface area (Å²) in [5.74, 6) is -1.69. The first-order chi connectivity index (χ1) is 14.8. The van der Waals surface area contributed by atoms with Crippen molar-refractivity contribution in [2.24, 2.45) is 7.05 Å². The van der Waals surface area contributed by atoms with Crippen LogP contribution < -0.4 is 5.32 Å². The van der Waals surface area contributed by atoms with Crippen molar-refractivity contribution >= 4 is 27.6 Å². The molecule has 1 aromatic carbocycles. The summed E-state index contributed by atoms with van der Waals surface area (Å²) >= 11 is 0. The Morgan fingerprint density at radius 2 is 1.72 bits per heavy atom. The number of sulfonamides is 1. The Hall–Kier alpha value is -2.86. The zero-order valence-electron chi connectivity index (χ0n) is 17.9. The van der Waals surface area contributed by atoms with Gasteiger partial charge in [0.15, 0.2) is 6.10 Å². The van der Waals surface area contributed by atoms with Crippen molar-refractivity contribution in [3.63, 3.8) is 0 Å². The molecule has 0 saturated carbocycles. The molecule has 32 heavy (non-hydrogen) atoms. The van der Waals surface area contributed by atoms with Crippen molar-refractivity contribution in [3.05, 3.63) is 47.8 Å². The average Bonchev–Trinajstić information content (AvgIpc) is 3.11. The molecule has 176 valence electrons. The molecule has 1 heterocycles. The summed E-state index contributed by atoms with van der Waals surface area (Å²) in [5.41, 5.74) is -0.851. The molecule has 0 bridgehead atoms. The van der Waals surface area contributed by atoms with Gasteiger partial charge < -0.3 is 14.6 Å². The molecular formula is C20H24F3N3O5S. The number of ether oxygens (including phenoxy) is 1. The van der Waals surface area contributed by atoms with Gasteiger partial charge in [-0.05, 0) is 37.3 Å². The summed E-state index contributed by atoms with van der Waals surface area (Å²) < 4.78 is 70.7. The highest BCUT2D eigenvalue weighted by molar-refractivity contribution is 7.89. The lowest BCUT2D eigenvalue weighted by Crippen LogP contribution is -2.30. The fourth-order valence-corrected chi connectivity index (χ4v) is 4.38. The largest absolute Gasteiger partial charge is 0.448 e. The second-order valence-electron chi connectivity index (χ2n) is 6.87. The zero-order chi connectivity index (χ0) is 24.3.